The van der Waals surface area contributed by atoms with Crippen LogP contribution in [0.1, 0.15) is 58.2 Å². The number of carbonyl (C=O) groups is 2. The smallest absolute Gasteiger partial charge is 0.326 e. The minimum absolute atomic E-state index is 0.0388. The quantitative estimate of drug-likeness (QED) is 0.335. The van der Waals surface area contributed by atoms with E-state index in [0.29, 0.717) is 5.56 Å². The van der Waals surface area contributed by atoms with Gasteiger partial charge in [0.2, 0.25) is 5.75 Å². The molecule has 0 aliphatic heterocycles. The topological polar surface area (TPSA) is 127 Å². The maximum Gasteiger partial charge on any atom is 0.326 e. The van der Waals surface area contributed by atoms with Gasteiger partial charge in [-0.15, -0.1) is 0 Å². The Morgan fingerprint density at radius 1 is 1.00 bits per heavy atom. The summed E-state index contributed by atoms with van der Waals surface area (Å²) in [7, 11) is 0. The van der Waals surface area contributed by atoms with Crippen molar-refractivity contribution in [2.75, 3.05) is 0 Å². The second-order valence-electron chi connectivity index (χ2n) is 9.86. The number of hydrogen-bond acceptors (Lipinski definition) is 5. The van der Waals surface area contributed by atoms with Crippen LogP contribution in [0.4, 0.5) is 10.1 Å². The van der Waals surface area contributed by atoms with Gasteiger partial charge in [0.15, 0.2) is 11.2 Å². The van der Waals surface area contributed by atoms with Crippen molar-refractivity contribution in [2.45, 2.75) is 59.0 Å². The fourth-order valence-electron chi connectivity index (χ4n) is 3.88. The van der Waals surface area contributed by atoms with Gasteiger partial charge in [-0.2, -0.15) is 0 Å². The first kappa shape index (κ1) is 25.8. The molecule has 2 N–H and O–H groups in total. The number of halogens is 1. The number of benzene rings is 2. The predicted octanol–water partition coefficient (Wildman–Crippen LogP) is 5.06. The molecule has 9 heteroatoms. The molecule has 0 aromatic heterocycles. The van der Waals surface area contributed by atoms with Crippen molar-refractivity contribution in [3.05, 3.63) is 69.0 Å². The highest BCUT2D eigenvalue weighted by atomic mass is 19.1. The summed E-state index contributed by atoms with van der Waals surface area (Å²) in [4.78, 5) is 36.0. The summed E-state index contributed by atoms with van der Waals surface area (Å²) in [6.07, 6.45) is 0. The molecule has 2 aromatic carbocycles. The van der Waals surface area contributed by atoms with E-state index >= 15 is 4.39 Å². The Morgan fingerprint density at radius 2 is 1.52 bits per heavy atom. The van der Waals surface area contributed by atoms with E-state index in [-0.39, 0.29) is 12.2 Å². The van der Waals surface area contributed by atoms with E-state index in [1.807, 2.05) is 0 Å². The van der Waals surface area contributed by atoms with E-state index in [1.54, 1.807) is 51.1 Å². The van der Waals surface area contributed by atoms with Crippen LogP contribution in [0.3, 0.4) is 0 Å². The number of ether oxygens (including phenoxy) is 1. The number of carboxylic acids is 2. The van der Waals surface area contributed by atoms with Gasteiger partial charge in [-0.25, -0.2) is 4.39 Å². The van der Waals surface area contributed by atoms with Gasteiger partial charge in [0.1, 0.15) is 6.61 Å². The third-order valence-electron chi connectivity index (χ3n) is 5.58. The molecule has 0 atom stereocenters. The highest BCUT2D eigenvalue weighted by Gasteiger charge is 2.59. The normalized spacial score (nSPS) is 12.3. The molecule has 0 fully saturated rings. The molecule has 8 nitrogen and oxygen atoms in total. The lowest BCUT2D eigenvalue weighted by atomic mass is 9.61. The number of nitro groups is 1. The van der Waals surface area contributed by atoms with Crippen molar-refractivity contribution in [3.8, 4) is 5.75 Å². The Kier molecular flexibility index (Phi) is 6.87. The molecule has 0 spiro atoms. The lowest BCUT2D eigenvalue weighted by Gasteiger charge is -2.38. The van der Waals surface area contributed by atoms with Crippen molar-refractivity contribution < 1.29 is 33.9 Å². The average Bonchev–Trinajstić information content (AvgIpc) is 2.66. The SMILES string of the molecule is CC(C)(C)c1cc(C(C(=O)O)(C(=O)O)C(C)(C)C)c(F)c(OCc2ccccc2)c1[N+](=O)[O-]. The fourth-order valence-corrected chi connectivity index (χ4v) is 3.88. The molecule has 0 amide bonds. The van der Waals surface area contributed by atoms with Gasteiger partial charge in [0.25, 0.3) is 0 Å². The number of nitrogens with zero attached hydrogens (tertiary/aromatic N) is 1. The number of nitro benzene ring substituents is 1. The molecular weight excluding hydrogens is 433 g/mol. The van der Waals surface area contributed by atoms with Crippen molar-refractivity contribution in [1.82, 2.24) is 0 Å². The molecule has 0 saturated heterocycles. The molecule has 2 aromatic rings. The molecule has 0 aliphatic carbocycles. The third kappa shape index (κ3) is 4.53. The van der Waals surface area contributed by atoms with E-state index in [9.17, 15) is 29.9 Å². The van der Waals surface area contributed by atoms with Gasteiger partial charge in [0.05, 0.1) is 4.92 Å². The van der Waals surface area contributed by atoms with E-state index < -0.39 is 55.9 Å². The molecule has 0 aliphatic rings. The van der Waals surface area contributed by atoms with Gasteiger partial charge in [0, 0.05) is 11.1 Å². The van der Waals surface area contributed by atoms with Crippen LogP contribution in [-0.2, 0) is 27.0 Å². The predicted molar refractivity (Wildman–Crippen MR) is 119 cm³/mol. The molecule has 0 unspecified atom stereocenters. The Labute approximate surface area is 191 Å². The lowest BCUT2D eigenvalue weighted by molar-refractivity contribution is -0.387. The summed E-state index contributed by atoms with van der Waals surface area (Å²) in [6, 6.07) is 9.50. The molecule has 178 valence electrons. The summed E-state index contributed by atoms with van der Waals surface area (Å²) in [5.74, 6) is -5.75. The first-order chi connectivity index (χ1) is 15.1. The minimum Gasteiger partial charge on any atom is -0.480 e. The van der Waals surface area contributed by atoms with Crippen LogP contribution < -0.4 is 4.74 Å². The fraction of sp³-hybridized carbons (Fsp3) is 0.417. The Morgan fingerprint density at radius 3 is 1.91 bits per heavy atom. The van der Waals surface area contributed by atoms with Gasteiger partial charge in [-0.05, 0) is 22.5 Å². The maximum absolute atomic E-state index is 16.0. The molecule has 33 heavy (non-hydrogen) atoms. The van der Waals surface area contributed by atoms with Crippen LogP contribution in [0.25, 0.3) is 0 Å². The molecule has 0 radical (unpaired) electrons. The van der Waals surface area contributed by atoms with Gasteiger partial charge in [-0.3, -0.25) is 19.7 Å². The maximum atomic E-state index is 16.0. The minimum atomic E-state index is -2.74. The number of rotatable bonds is 7. The van der Waals surface area contributed by atoms with Crippen LogP contribution in [0, 0.1) is 21.3 Å². The zero-order valence-electron chi connectivity index (χ0n) is 19.4. The highest BCUT2D eigenvalue weighted by molar-refractivity contribution is 6.06. The van der Waals surface area contributed by atoms with Gasteiger partial charge < -0.3 is 14.9 Å². The highest BCUT2D eigenvalue weighted by Crippen LogP contribution is 2.50. The zero-order valence-corrected chi connectivity index (χ0v) is 19.4. The van der Waals surface area contributed by atoms with Crippen molar-refractivity contribution in [2.24, 2.45) is 5.41 Å². The van der Waals surface area contributed by atoms with Gasteiger partial charge in [-0.1, -0.05) is 71.9 Å². The standard InChI is InChI=1S/C24H28FNO7/c1-22(2,3)16-12-15(24(20(27)28,21(29)30)23(4,5)6)17(25)19(18(16)26(31)32)33-13-14-10-8-7-9-11-14/h7-12H,13H2,1-6H3,(H,27,28)(H,29,30). The molecular formula is C24H28FNO7. The Bertz CT molecular complexity index is 1070. The van der Waals surface area contributed by atoms with E-state index in [2.05, 4.69) is 0 Å². The van der Waals surface area contributed by atoms with E-state index in [0.717, 1.165) is 6.07 Å². The molecule has 0 heterocycles. The molecule has 0 bridgehead atoms. The van der Waals surface area contributed by atoms with Crippen LogP contribution in [0.5, 0.6) is 5.75 Å². The Balaban J connectivity index is 3.00. The first-order valence-corrected chi connectivity index (χ1v) is 10.2. The van der Waals surface area contributed by atoms with Crippen LogP contribution in [0.15, 0.2) is 36.4 Å². The van der Waals surface area contributed by atoms with Gasteiger partial charge >= 0.3 is 17.6 Å². The first-order valence-electron chi connectivity index (χ1n) is 10.2. The van der Waals surface area contributed by atoms with Crippen molar-refractivity contribution in [1.29, 1.82) is 0 Å². The summed E-state index contributed by atoms with van der Waals surface area (Å²) >= 11 is 0. The average molecular weight is 461 g/mol. The van der Waals surface area contributed by atoms with Crippen LogP contribution in [0.2, 0.25) is 0 Å². The third-order valence-corrected chi connectivity index (χ3v) is 5.58. The lowest BCUT2D eigenvalue weighted by Crippen LogP contribution is -2.54. The second kappa shape index (κ2) is 8.80. The van der Waals surface area contributed by atoms with E-state index in [4.69, 9.17) is 4.74 Å². The summed E-state index contributed by atoms with van der Waals surface area (Å²) in [5, 5.41) is 32.1. The monoisotopic (exact) mass is 461 g/mol. The van der Waals surface area contributed by atoms with E-state index in [1.165, 1.54) is 20.8 Å². The summed E-state index contributed by atoms with van der Waals surface area (Å²) in [6.45, 7) is 8.70. The number of hydrogen-bond donors (Lipinski definition) is 2. The van der Waals surface area contributed by atoms with Crippen LogP contribution >= 0.6 is 0 Å². The summed E-state index contributed by atoms with van der Waals surface area (Å²) in [5.41, 5.74) is -6.02. The van der Waals surface area contributed by atoms with Crippen molar-refractivity contribution in [3.63, 3.8) is 0 Å². The molecule has 0 saturated carbocycles. The number of carboxylic acid groups (broad SMARTS) is 2. The zero-order chi connectivity index (χ0) is 25.4. The largest absolute Gasteiger partial charge is 0.480 e. The number of aliphatic carboxylic acids is 2. The second-order valence-corrected chi connectivity index (χ2v) is 9.86. The van der Waals surface area contributed by atoms with Crippen LogP contribution in [-0.4, -0.2) is 27.1 Å². The Hall–Kier alpha value is -3.49. The molecule has 2 rings (SSSR count). The summed E-state index contributed by atoms with van der Waals surface area (Å²) < 4.78 is 21.5. The van der Waals surface area contributed by atoms with Crippen molar-refractivity contribution >= 4 is 17.6 Å².